The summed E-state index contributed by atoms with van der Waals surface area (Å²) >= 11 is 0. The third-order valence-corrected chi connectivity index (χ3v) is 5.82. The summed E-state index contributed by atoms with van der Waals surface area (Å²) in [6.45, 7) is 21.2. The Morgan fingerprint density at radius 1 is 1.26 bits per heavy atom. The molecule has 174 valence electrons. The van der Waals surface area contributed by atoms with E-state index < -0.39 is 23.0 Å². The smallest absolute Gasteiger partial charge is 0.258 e. The third kappa shape index (κ3) is 5.34. The van der Waals surface area contributed by atoms with Crippen LogP contribution in [0.2, 0.25) is 0 Å². The number of allylic oxidation sites excluding steroid dienone is 7. The van der Waals surface area contributed by atoms with Gasteiger partial charge in [0, 0.05) is 12.3 Å². The minimum absolute atomic E-state index is 0.200. The molecule has 0 amide bonds. The van der Waals surface area contributed by atoms with Crippen molar-refractivity contribution in [1.29, 1.82) is 0 Å². The Morgan fingerprint density at radius 3 is 2.23 bits per heavy atom. The highest BCUT2D eigenvalue weighted by Gasteiger charge is 2.79. The Kier molecular flexibility index (Phi) is 8.59. The van der Waals surface area contributed by atoms with Crippen LogP contribution in [0.1, 0.15) is 53.4 Å². The third-order valence-electron chi connectivity index (χ3n) is 5.82. The van der Waals surface area contributed by atoms with Crippen LogP contribution in [0.25, 0.3) is 0 Å². The molecule has 0 bridgehead atoms. The predicted octanol–water partition coefficient (Wildman–Crippen LogP) is 3.40. The van der Waals surface area contributed by atoms with Crippen LogP contribution in [0.3, 0.4) is 0 Å². The molecule has 6 nitrogen and oxygen atoms in total. The van der Waals surface area contributed by atoms with Crippen LogP contribution in [-0.4, -0.2) is 48.5 Å². The van der Waals surface area contributed by atoms with Crippen molar-refractivity contribution in [3.63, 3.8) is 0 Å². The van der Waals surface area contributed by atoms with Crippen molar-refractivity contribution >= 4 is 0 Å². The maximum absolute atomic E-state index is 10.6. The molecule has 2 rings (SSSR count). The molecule has 5 N–H and O–H groups in total. The lowest BCUT2D eigenvalue weighted by Crippen LogP contribution is -2.86. The first-order valence-corrected chi connectivity index (χ1v) is 10.4. The zero-order valence-corrected chi connectivity index (χ0v) is 19.2. The molecule has 1 fully saturated rings. The van der Waals surface area contributed by atoms with Gasteiger partial charge in [-0.2, -0.15) is 0 Å². The van der Waals surface area contributed by atoms with Crippen LogP contribution >= 0.6 is 0 Å². The monoisotopic (exact) mass is 434 g/mol. The van der Waals surface area contributed by atoms with Crippen molar-refractivity contribution in [2.24, 2.45) is 5.92 Å². The van der Waals surface area contributed by atoms with Crippen molar-refractivity contribution in [2.75, 3.05) is 0 Å². The second kappa shape index (κ2) is 9.77. The normalized spacial score (nSPS) is 33.3. The minimum Gasteiger partial charge on any atom is -0.379 e. The molecule has 1 heterocycles. The molecule has 6 heteroatoms. The molecule has 2 aliphatic rings. The second-order valence-corrected chi connectivity index (χ2v) is 8.71. The largest absolute Gasteiger partial charge is 0.379 e. The molecule has 0 aromatic carbocycles. The zero-order valence-electron chi connectivity index (χ0n) is 19.2. The van der Waals surface area contributed by atoms with Crippen LogP contribution in [0, 0.1) is 5.92 Å². The van der Waals surface area contributed by atoms with Gasteiger partial charge in [-0.1, -0.05) is 49.6 Å². The minimum atomic E-state index is -2.77. The van der Waals surface area contributed by atoms with E-state index in [4.69, 9.17) is 4.74 Å². The topological polar surface area (TPSA) is 110 Å². The van der Waals surface area contributed by atoms with E-state index in [-0.39, 0.29) is 12.3 Å². The van der Waals surface area contributed by atoms with E-state index in [0.717, 1.165) is 44.3 Å². The van der Waals surface area contributed by atoms with Gasteiger partial charge in [-0.15, -0.1) is 6.58 Å². The van der Waals surface area contributed by atoms with Crippen LogP contribution in [-0.2, 0) is 4.74 Å². The average Bonchev–Trinajstić information content (AvgIpc) is 2.65. The van der Waals surface area contributed by atoms with E-state index in [1.165, 1.54) is 5.57 Å². The number of hydrogen-bond acceptors (Lipinski definition) is 6. The first-order valence-electron chi connectivity index (χ1n) is 10.4. The van der Waals surface area contributed by atoms with Crippen molar-refractivity contribution in [1.82, 2.24) is 0 Å². The van der Waals surface area contributed by atoms with Gasteiger partial charge in [0.15, 0.2) is 5.60 Å². The summed E-state index contributed by atoms with van der Waals surface area (Å²) in [5.74, 6) is -7.55. The van der Waals surface area contributed by atoms with Gasteiger partial charge in [0.2, 0.25) is 11.6 Å². The van der Waals surface area contributed by atoms with Crippen molar-refractivity contribution < 1.29 is 30.3 Å². The highest BCUT2D eigenvalue weighted by Crippen LogP contribution is 2.54. The standard InChI is InChI=1S/C22H32O6.C3H6/c1-7-17(16(4)18-10-8-9-14(2)11-18)12-15(3)13-21(26)19(5,23)22(27,28-21)20(6,24)25;1-3-2/h7,11-12,18,23-27H,1,3-4,8-10,13H2,2,5-6H3;3H,1H2,2H3/b17-12-;. The molecule has 0 aromatic heterocycles. The molecule has 0 saturated carbocycles. The van der Waals surface area contributed by atoms with Crippen LogP contribution in [0.5, 0.6) is 0 Å². The Balaban J connectivity index is 0.00000151. The maximum Gasteiger partial charge on any atom is 0.258 e. The Hall–Kier alpha value is -1.80. The Labute approximate surface area is 185 Å². The van der Waals surface area contributed by atoms with Crippen LogP contribution in [0.4, 0.5) is 0 Å². The van der Waals surface area contributed by atoms with Crippen molar-refractivity contribution in [3.05, 3.63) is 72.9 Å². The molecule has 1 saturated heterocycles. The molecule has 0 aromatic rings. The van der Waals surface area contributed by atoms with Crippen molar-refractivity contribution in [3.8, 4) is 0 Å². The van der Waals surface area contributed by atoms with Gasteiger partial charge in [0.25, 0.3) is 5.79 Å². The SMILES string of the molecule is C=C/C(=C/C(=C)CC1(O)OC(O)(C(C)(O)O)C1(C)O)C(=C)C1C=C(C)CCC1.C=CC. The molecule has 4 atom stereocenters. The second-order valence-electron chi connectivity index (χ2n) is 8.71. The fourth-order valence-electron chi connectivity index (χ4n) is 3.89. The molecule has 4 unspecified atom stereocenters. The number of rotatable bonds is 7. The summed E-state index contributed by atoms with van der Waals surface area (Å²) in [7, 11) is 0. The van der Waals surface area contributed by atoms with E-state index in [9.17, 15) is 25.5 Å². The summed E-state index contributed by atoms with van der Waals surface area (Å²) in [5.41, 5.74) is 1.02. The number of ether oxygens (including phenoxy) is 1. The maximum atomic E-state index is 10.6. The lowest BCUT2D eigenvalue weighted by molar-refractivity contribution is -0.575. The highest BCUT2D eigenvalue weighted by atomic mass is 16.8. The Morgan fingerprint density at radius 2 is 1.81 bits per heavy atom. The van der Waals surface area contributed by atoms with Gasteiger partial charge in [0.05, 0.1) is 0 Å². The predicted molar refractivity (Wildman–Crippen MR) is 123 cm³/mol. The van der Waals surface area contributed by atoms with Crippen LogP contribution < -0.4 is 0 Å². The van der Waals surface area contributed by atoms with Gasteiger partial charge in [-0.25, -0.2) is 0 Å². The van der Waals surface area contributed by atoms with Gasteiger partial charge >= 0.3 is 0 Å². The summed E-state index contributed by atoms with van der Waals surface area (Å²) in [6.07, 6.45) is 10.2. The first-order chi connectivity index (χ1) is 14.1. The number of hydrogen-bond donors (Lipinski definition) is 5. The van der Waals surface area contributed by atoms with E-state index in [1.807, 2.05) is 6.92 Å². The van der Waals surface area contributed by atoms with E-state index >= 15 is 0 Å². The van der Waals surface area contributed by atoms with Gasteiger partial charge in [0.1, 0.15) is 0 Å². The van der Waals surface area contributed by atoms with Gasteiger partial charge in [-0.3, -0.25) is 0 Å². The van der Waals surface area contributed by atoms with Crippen LogP contribution in [0.15, 0.2) is 72.9 Å². The number of aliphatic hydroxyl groups is 5. The summed E-state index contributed by atoms with van der Waals surface area (Å²) in [4.78, 5) is 0. The zero-order chi connectivity index (χ0) is 24.3. The quantitative estimate of drug-likeness (QED) is 0.239. The fraction of sp³-hybridized carbons (Fsp3) is 0.520. The van der Waals surface area contributed by atoms with Crippen molar-refractivity contribution in [2.45, 2.75) is 76.3 Å². The molecular weight excluding hydrogens is 396 g/mol. The molecule has 31 heavy (non-hydrogen) atoms. The molecular formula is C25H38O6. The van der Waals surface area contributed by atoms with E-state index in [1.54, 1.807) is 18.2 Å². The molecule has 0 radical (unpaired) electrons. The highest BCUT2D eigenvalue weighted by molar-refractivity contribution is 5.45. The summed E-state index contributed by atoms with van der Waals surface area (Å²) in [5, 5.41) is 50.7. The Bertz CT molecular complexity index is 782. The molecule has 1 aliphatic heterocycles. The lowest BCUT2D eigenvalue weighted by atomic mass is 9.72. The average molecular weight is 435 g/mol. The van der Waals surface area contributed by atoms with E-state index in [0.29, 0.717) is 5.57 Å². The van der Waals surface area contributed by atoms with Gasteiger partial charge in [-0.05, 0) is 63.7 Å². The summed E-state index contributed by atoms with van der Waals surface area (Å²) in [6, 6.07) is 0. The lowest BCUT2D eigenvalue weighted by Gasteiger charge is -2.63. The van der Waals surface area contributed by atoms with Gasteiger partial charge < -0.3 is 30.3 Å². The summed E-state index contributed by atoms with van der Waals surface area (Å²) < 4.78 is 4.98. The van der Waals surface area contributed by atoms with E-state index in [2.05, 4.69) is 39.3 Å². The first kappa shape index (κ1) is 27.2. The molecule has 1 aliphatic carbocycles. The molecule has 0 spiro atoms. The fourth-order valence-corrected chi connectivity index (χ4v) is 3.89.